The van der Waals surface area contributed by atoms with Gasteiger partial charge in [0.25, 0.3) is 0 Å². The molecule has 0 fully saturated rings. The van der Waals surface area contributed by atoms with Gasteiger partial charge < -0.3 is 0 Å². The first kappa shape index (κ1) is 14.5. The summed E-state index contributed by atoms with van der Waals surface area (Å²) in [7, 11) is 0. The lowest BCUT2D eigenvalue weighted by Crippen LogP contribution is -2.29. The van der Waals surface area contributed by atoms with E-state index in [4.69, 9.17) is 0 Å². The molecule has 0 saturated heterocycles. The van der Waals surface area contributed by atoms with Gasteiger partial charge in [-0.2, -0.15) is 0 Å². The van der Waals surface area contributed by atoms with Crippen LogP contribution >= 0.6 is 31.9 Å². The Morgan fingerprint density at radius 2 is 1.82 bits per heavy atom. The number of benzene rings is 1. The average Bonchev–Trinajstić information content (AvgIpc) is 2.29. The van der Waals surface area contributed by atoms with Crippen LogP contribution in [0.3, 0.4) is 0 Å². The molecule has 92 valence electrons. The molecule has 1 unspecified atom stereocenters. The summed E-state index contributed by atoms with van der Waals surface area (Å²) in [6.45, 7) is 3.14. The molecule has 1 rings (SSSR count). The molecule has 0 aliphatic rings. The lowest BCUT2D eigenvalue weighted by Gasteiger charge is -2.10. The van der Waals surface area contributed by atoms with Crippen LogP contribution in [0.2, 0.25) is 0 Å². The summed E-state index contributed by atoms with van der Waals surface area (Å²) < 4.78 is 14.8. The molecule has 1 atom stereocenters. The van der Waals surface area contributed by atoms with Crippen LogP contribution in [0, 0.1) is 5.92 Å². The smallest absolute Gasteiger partial charge is 0.221 e. The molecular formula is C12H11Br2FO2. The second-order valence-corrected chi connectivity index (χ2v) is 5.68. The average molecular weight is 366 g/mol. The maximum atomic E-state index is 13.7. The van der Waals surface area contributed by atoms with Crippen molar-refractivity contribution in [3.63, 3.8) is 0 Å². The Balaban J connectivity index is 3.04. The summed E-state index contributed by atoms with van der Waals surface area (Å²) in [6, 6.07) is 4.84. The highest BCUT2D eigenvalue weighted by Crippen LogP contribution is 2.24. The SMILES string of the molecule is CC(C)C(=O)C(F)C(=O)c1cc(Br)ccc1Br. The number of hydrogen-bond acceptors (Lipinski definition) is 2. The Morgan fingerprint density at radius 1 is 1.24 bits per heavy atom. The van der Waals surface area contributed by atoms with Gasteiger partial charge in [-0.1, -0.05) is 45.7 Å². The zero-order valence-electron chi connectivity index (χ0n) is 9.34. The first-order valence-corrected chi connectivity index (χ1v) is 6.60. The molecule has 0 aliphatic carbocycles. The van der Waals surface area contributed by atoms with Gasteiger partial charge in [0.05, 0.1) is 0 Å². The van der Waals surface area contributed by atoms with Gasteiger partial charge in [0.1, 0.15) is 0 Å². The van der Waals surface area contributed by atoms with E-state index in [1.165, 1.54) is 6.07 Å². The molecule has 0 N–H and O–H groups in total. The molecule has 0 saturated carbocycles. The topological polar surface area (TPSA) is 34.1 Å². The Bertz CT molecular complexity index is 458. The van der Waals surface area contributed by atoms with Crippen LogP contribution in [0.25, 0.3) is 0 Å². The van der Waals surface area contributed by atoms with E-state index in [1.54, 1.807) is 26.0 Å². The zero-order valence-corrected chi connectivity index (χ0v) is 12.5. The van der Waals surface area contributed by atoms with Crippen LogP contribution in [0.5, 0.6) is 0 Å². The van der Waals surface area contributed by atoms with Crippen LogP contribution < -0.4 is 0 Å². The van der Waals surface area contributed by atoms with Gasteiger partial charge in [0.2, 0.25) is 12.0 Å². The standard InChI is InChI=1S/C12H11Br2FO2/c1-6(2)11(16)10(15)12(17)8-5-7(13)3-4-9(8)14/h3-6,10H,1-2H3. The van der Waals surface area contributed by atoms with E-state index in [0.29, 0.717) is 8.95 Å². The normalized spacial score (nSPS) is 12.6. The van der Waals surface area contributed by atoms with Crippen LogP contribution in [0.4, 0.5) is 4.39 Å². The van der Waals surface area contributed by atoms with Crippen molar-refractivity contribution in [2.45, 2.75) is 20.0 Å². The minimum atomic E-state index is -2.10. The molecule has 2 nitrogen and oxygen atoms in total. The van der Waals surface area contributed by atoms with E-state index in [-0.39, 0.29) is 5.56 Å². The van der Waals surface area contributed by atoms with Gasteiger partial charge in [-0.05, 0) is 18.2 Å². The lowest BCUT2D eigenvalue weighted by atomic mass is 9.98. The summed E-state index contributed by atoms with van der Waals surface area (Å²) in [5, 5.41) is 0. The van der Waals surface area contributed by atoms with E-state index >= 15 is 0 Å². The first-order chi connectivity index (χ1) is 7.84. The third-order valence-electron chi connectivity index (χ3n) is 2.24. The van der Waals surface area contributed by atoms with E-state index in [9.17, 15) is 14.0 Å². The summed E-state index contributed by atoms with van der Waals surface area (Å²) in [4.78, 5) is 23.2. The van der Waals surface area contributed by atoms with E-state index < -0.39 is 23.7 Å². The van der Waals surface area contributed by atoms with Crippen molar-refractivity contribution in [3.8, 4) is 0 Å². The summed E-state index contributed by atoms with van der Waals surface area (Å²) in [6.07, 6.45) is -2.10. The number of Topliss-reactive ketones (excluding diaryl/α,β-unsaturated/α-hetero) is 2. The molecule has 1 aromatic rings. The number of halogens is 3. The third-order valence-corrected chi connectivity index (χ3v) is 3.43. The van der Waals surface area contributed by atoms with Gasteiger partial charge in [0.15, 0.2) is 5.78 Å². The van der Waals surface area contributed by atoms with Crippen molar-refractivity contribution >= 4 is 43.4 Å². The van der Waals surface area contributed by atoms with E-state index in [1.807, 2.05) is 0 Å². The number of hydrogen-bond donors (Lipinski definition) is 0. The molecule has 1 aromatic carbocycles. The van der Waals surface area contributed by atoms with E-state index in [0.717, 1.165) is 0 Å². The Labute approximate surface area is 116 Å². The number of ketones is 2. The highest BCUT2D eigenvalue weighted by molar-refractivity contribution is 9.11. The van der Waals surface area contributed by atoms with Crippen molar-refractivity contribution in [1.82, 2.24) is 0 Å². The van der Waals surface area contributed by atoms with Crippen molar-refractivity contribution in [2.24, 2.45) is 5.92 Å². The molecule has 0 bridgehead atoms. The Hall–Kier alpha value is -0.550. The fraction of sp³-hybridized carbons (Fsp3) is 0.333. The first-order valence-electron chi connectivity index (χ1n) is 5.01. The molecule has 0 aromatic heterocycles. The largest absolute Gasteiger partial charge is 0.296 e. The van der Waals surface area contributed by atoms with Crippen molar-refractivity contribution < 1.29 is 14.0 Å². The molecule has 0 heterocycles. The molecule has 0 spiro atoms. The highest BCUT2D eigenvalue weighted by Gasteiger charge is 2.30. The fourth-order valence-corrected chi connectivity index (χ4v) is 2.05. The van der Waals surface area contributed by atoms with Crippen molar-refractivity contribution in [3.05, 3.63) is 32.7 Å². The second-order valence-electron chi connectivity index (χ2n) is 3.91. The van der Waals surface area contributed by atoms with E-state index in [2.05, 4.69) is 31.9 Å². The predicted octanol–water partition coefficient (Wildman–Crippen LogP) is 3.96. The number of rotatable bonds is 4. The fourth-order valence-electron chi connectivity index (χ4n) is 1.24. The number of alkyl halides is 1. The van der Waals surface area contributed by atoms with Crippen LogP contribution in [-0.4, -0.2) is 17.7 Å². The maximum Gasteiger partial charge on any atom is 0.221 e. The monoisotopic (exact) mass is 364 g/mol. The predicted molar refractivity (Wildman–Crippen MR) is 70.9 cm³/mol. The van der Waals surface area contributed by atoms with Crippen LogP contribution in [0.1, 0.15) is 24.2 Å². The van der Waals surface area contributed by atoms with Crippen molar-refractivity contribution in [1.29, 1.82) is 0 Å². The summed E-state index contributed by atoms with van der Waals surface area (Å²) in [5.41, 5.74) is 0.167. The molecule has 17 heavy (non-hydrogen) atoms. The number of carbonyl (C=O) groups is 2. The highest BCUT2D eigenvalue weighted by atomic mass is 79.9. The quantitative estimate of drug-likeness (QED) is 0.597. The number of carbonyl (C=O) groups excluding carboxylic acids is 2. The van der Waals surface area contributed by atoms with Crippen LogP contribution in [0.15, 0.2) is 27.1 Å². The third kappa shape index (κ3) is 3.45. The summed E-state index contributed by atoms with van der Waals surface area (Å²) >= 11 is 6.37. The van der Waals surface area contributed by atoms with Crippen LogP contribution in [-0.2, 0) is 4.79 Å². The lowest BCUT2D eigenvalue weighted by molar-refractivity contribution is -0.125. The minimum Gasteiger partial charge on any atom is -0.296 e. The van der Waals surface area contributed by atoms with Gasteiger partial charge >= 0.3 is 0 Å². The maximum absolute atomic E-state index is 13.7. The van der Waals surface area contributed by atoms with Gasteiger partial charge in [-0.25, -0.2) is 4.39 Å². The van der Waals surface area contributed by atoms with Gasteiger partial charge in [-0.3, -0.25) is 9.59 Å². The minimum absolute atomic E-state index is 0.167. The van der Waals surface area contributed by atoms with Gasteiger partial charge in [0, 0.05) is 20.4 Å². The molecule has 0 amide bonds. The molecule has 5 heteroatoms. The molecular weight excluding hydrogens is 355 g/mol. The Kier molecular flexibility index (Phi) is 5.01. The summed E-state index contributed by atoms with van der Waals surface area (Å²) in [5.74, 6) is -2.00. The molecule has 0 radical (unpaired) electrons. The Morgan fingerprint density at radius 3 is 2.35 bits per heavy atom. The second kappa shape index (κ2) is 5.87. The van der Waals surface area contributed by atoms with Gasteiger partial charge in [-0.15, -0.1) is 0 Å². The molecule has 0 aliphatic heterocycles. The zero-order chi connectivity index (χ0) is 13.2. The van der Waals surface area contributed by atoms with Crippen molar-refractivity contribution in [2.75, 3.05) is 0 Å².